The third kappa shape index (κ3) is 3.05. The Hall–Kier alpha value is -2.81. The van der Waals surface area contributed by atoms with Gasteiger partial charge in [0, 0.05) is 5.75 Å². The van der Waals surface area contributed by atoms with Crippen molar-refractivity contribution in [2.24, 2.45) is 0 Å². The first kappa shape index (κ1) is 18.0. The average molecular weight is 375 g/mol. The molecule has 3 rings (SSSR count). The van der Waals surface area contributed by atoms with Gasteiger partial charge in [-0.1, -0.05) is 30.3 Å². The summed E-state index contributed by atoms with van der Waals surface area (Å²) in [6.45, 7) is 1.67. The number of rotatable bonds is 6. The summed E-state index contributed by atoms with van der Waals surface area (Å²) in [5, 5.41) is 13.9. The van der Waals surface area contributed by atoms with E-state index >= 15 is 0 Å². The van der Waals surface area contributed by atoms with E-state index in [0.717, 1.165) is 0 Å². The van der Waals surface area contributed by atoms with Crippen LogP contribution in [0, 0.1) is 0 Å². The number of carboxylic acids is 1. The fourth-order valence-electron chi connectivity index (χ4n) is 3.05. The molecule has 0 spiro atoms. The van der Waals surface area contributed by atoms with Crippen LogP contribution < -0.4 is 10.6 Å². The maximum absolute atomic E-state index is 12.6. The summed E-state index contributed by atoms with van der Waals surface area (Å²) < 4.78 is 0. The number of carbonyl (C=O) groups excluding carboxylic acids is 3. The van der Waals surface area contributed by atoms with E-state index in [1.165, 1.54) is 16.7 Å². The topological polar surface area (TPSA) is 116 Å². The number of amides is 3. The lowest BCUT2D eigenvalue weighted by Crippen LogP contribution is -2.71. The van der Waals surface area contributed by atoms with E-state index in [1.54, 1.807) is 37.3 Å². The number of fused-ring (bicyclic) bond motifs is 1. The van der Waals surface area contributed by atoms with Crippen LogP contribution in [0.2, 0.25) is 0 Å². The van der Waals surface area contributed by atoms with Crippen molar-refractivity contribution in [3.8, 4) is 0 Å². The van der Waals surface area contributed by atoms with Gasteiger partial charge in [0.15, 0.2) is 0 Å². The molecule has 1 saturated heterocycles. The molecule has 8 nitrogen and oxygen atoms in total. The molecule has 0 aliphatic carbocycles. The van der Waals surface area contributed by atoms with Gasteiger partial charge in [-0.25, -0.2) is 4.79 Å². The smallest absolute Gasteiger partial charge is 0.352 e. The molecular weight excluding hydrogens is 358 g/mol. The van der Waals surface area contributed by atoms with Gasteiger partial charge in [0.05, 0.1) is 0 Å². The van der Waals surface area contributed by atoms with Crippen LogP contribution in [0.25, 0.3) is 0 Å². The minimum Gasteiger partial charge on any atom is -0.477 e. The zero-order valence-corrected chi connectivity index (χ0v) is 14.7. The Morgan fingerprint density at radius 2 is 2.04 bits per heavy atom. The maximum Gasteiger partial charge on any atom is 0.352 e. The summed E-state index contributed by atoms with van der Waals surface area (Å²) in [5.41, 5.74) is 1.18. The Morgan fingerprint density at radius 3 is 2.65 bits per heavy atom. The zero-order chi connectivity index (χ0) is 18.8. The fraction of sp³-hybridized carbons (Fsp3) is 0.294. The number of carboxylic acid groups (broad SMARTS) is 1. The van der Waals surface area contributed by atoms with Crippen LogP contribution in [-0.2, 0) is 19.2 Å². The van der Waals surface area contributed by atoms with Gasteiger partial charge < -0.3 is 15.7 Å². The molecule has 1 aromatic rings. The molecule has 26 heavy (non-hydrogen) atoms. The summed E-state index contributed by atoms with van der Waals surface area (Å²) in [7, 11) is 0. The predicted octanol–water partition coefficient (Wildman–Crippen LogP) is 0.232. The van der Waals surface area contributed by atoms with Crippen molar-refractivity contribution in [3.05, 3.63) is 47.2 Å². The lowest BCUT2D eigenvalue weighted by atomic mass is 10.0. The highest BCUT2D eigenvalue weighted by Gasteiger charge is 2.54. The fourth-order valence-corrected chi connectivity index (χ4v) is 4.34. The minimum absolute atomic E-state index is 0.0186. The minimum atomic E-state index is -1.16. The van der Waals surface area contributed by atoms with Gasteiger partial charge in [0.25, 0.3) is 5.91 Å². The van der Waals surface area contributed by atoms with Gasteiger partial charge in [0.1, 0.15) is 23.2 Å². The number of thioether (sulfide) groups is 1. The highest BCUT2D eigenvalue weighted by molar-refractivity contribution is 8.00. The Bertz CT molecular complexity index is 795. The SMILES string of the molecule is CC1=C(C(=O)O)N2C(=O)C(NC(=O)C(NC=O)c3ccccc3)[C@@H]2SC1. The number of hydrogen-bond acceptors (Lipinski definition) is 5. The Labute approximate surface area is 153 Å². The second-order valence-corrected chi connectivity index (χ2v) is 7.06. The largest absolute Gasteiger partial charge is 0.477 e. The molecule has 2 aliphatic rings. The van der Waals surface area contributed by atoms with Gasteiger partial charge in [-0.15, -0.1) is 11.8 Å². The van der Waals surface area contributed by atoms with Crippen molar-refractivity contribution < 1.29 is 24.3 Å². The molecule has 0 saturated carbocycles. The van der Waals surface area contributed by atoms with E-state index in [2.05, 4.69) is 10.6 Å². The third-order valence-corrected chi connectivity index (χ3v) is 5.71. The number of nitrogens with one attached hydrogen (secondary N) is 2. The monoisotopic (exact) mass is 375 g/mol. The normalized spacial score (nSPS) is 22.8. The molecular formula is C17H17N3O5S. The molecule has 3 N–H and O–H groups in total. The van der Waals surface area contributed by atoms with E-state index in [1.807, 2.05) is 0 Å². The van der Waals surface area contributed by atoms with Crippen LogP contribution in [0.1, 0.15) is 18.5 Å². The van der Waals surface area contributed by atoms with Gasteiger partial charge in [-0.2, -0.15) is 0 Å². The molecule has 2 unspecified atom stereocenters. The van der Waals surface area contributed by atoms with Crippen LogP contribution in [0.5, 0.6) is 0 Å². The van der Waals surface area contributed by atoms with Crippen molar-refractivity contribution in [2.45, 2.75) is 24.4 Å². The van der Waals surface area contributed by atoms with Crippen molar-refractivity contribution >= 4 is 36.0 Å². The van der Waals surface area contributed by atoms with Crippen molar-refractivity contribution in [2.75, 3.05) is 5.75 Å². The van der Waals surface area contributed by atoms with Gasteiger partial charge in [-0.05, 0) is 18.1 Å². The van der Waals surface area contributed by atoms with Crippen molar-refractivity contribution in [3.63, 3.8) is 0 Å². The first-order valence-corrected chi connectivity index (χ1v) is 8.93. The first-order chi connectivity index (χ1) is 12.5. The summed E-state index contributed by atoms with van der Waals surface area (Å²) in [6, 6.07) is 6.89. The van der Waals surface area contributed by atoms with E-state index in [9.17, 15) is 24.3 Å². The number of benzene rings is 1. The van der Waals surface area contributed by atoms with Gasteiger partial charge in [0.2, 0.25) is 12.3 Å². The lowest BCUT2D eigenvalue weighted by Gasteiger charge is -2.49. The Kier molecular flexibility index (Phi) is 4.99. The number of β-lactam (4-membered cyclic amide) rings is 1. The molecule has 0 radical (unpaired) electrons. The highest BCUT2D eigenvalue weighted by atomic mass is 32.2. The van der Waals surface area contributed by atoms with Crippen LogP contribution >= 0.6 is 11.8 Å². The van der Waals surface area contributed by atoms with E-state index < -0.39 is 35.2 Å². The summed E-state index contributed by atoms with van der Waals surface area (Å²) in [6.07, 6.45) is 0.427. The Morgan fingerprint density at radius 1 is 1.35 bits per heavy atom. The lowest BCUT2D eigenvalue weighted by molar-refractivity contribution is -0.151. The summed E-state index contributed by atoms with van der Waals surface area (Å²) in [4.78, 5) is 48.5. The molecule has 2 aliphatic heterocycles. The van der Waals surface area contributed by atoms with E-state index in [4.69, 9.17) is 0 Å². The molecule has 9 heteroatoms. The molecule has 136 valence electrons. The Balaban J connectivity index is 1.76. The first-order valence-electron chi connectivity index (χ1n) is 7.88. The standard InChI is InChI=1S/C17H17N3O5S/c1-9-7-26-16-12(15(23)20(16)13(9)17(24)25)19-14(22)11(18-8-21)10-5-3-2-4-6-10/h2-6,8,11-12,16H,7H2,1H3,(H,18,21)(H,19,22)(H,24,25)/t11?,12?,16-/m0/s1. The number of nitrogens with zero attached hydrogens (tertiary/aromatic N) is 1. The third-order valence-electron chi connectivity index (χ3n) is 4.29. The van der Waals surface area contributed by atoms with Gasteiger partial charge >= 0.3 is 5.97 Å². The van der Waals surface area contributed by atoms with Crippen molar-refractivity contribution in [1.29, 1.82) is 0 Å². The zero-order valence-electron chi connectivity index (χ0n) is 13.8. The second kappa shape index (κ2) is 7.20. The van der Waals surface area contributed by atoms with Crippen LogP contribution in [0.15, 0.2) is 41.6 Å². The molecule has 1 fully saturated rings. The highest BCUT2D eigenvalue weighted by Crippen LogP contribution is 2.40. The van der Waals surface area contributed by atoms with Crippen LogP contribution in [-0.4, -0.2) is 51.4 Å². The van der Waals surface area contributed by atoms with Crippen LogP contribution in [0.3, 0.4) is 0 Å². The molecule has 0 aromatic heterocycles. The molecule has 2 heterocycles. The predicted molar refractivity (Wildman–Crippen MR) is 93.7 cm³/mol. The maximum atomic E-state index is 12.6. The molecule has 3 amide bonds. The van der Waals surface area contributed by atoms with E-state index in [-0.39, 0.29) is 5.70 Å². The second-order valence-electron chi connectivity index (χ2n) is 5.96. The molecule has 0 bridgehead atoms. The average Bonchev–Trinajstić information content (AvgIpc) is 2.64. The summed E-state index contributed by atoms with van der Waals surface area (Å²) >= 11 is 1.40. The van der Waals surface area contributed by atoms with E-state index in [0.29, 0.717) is 23.3 Å². The van der Waals surface area contributed by atoms with Gasteiger partial charge in [-0.3, -0.25) is 19.3 Å². The number of hydrogen-bond donors (Lipinski definition) is 3. The number of aliphatic carboxylic acids is 1. The van der Waals surface area contributed by atoms with Crippen LogP contribution in [0.4, 0.5) is 0 Å². The molecule has 1 aromatic carbocycles. The number of carbonyl (C=O) groups is 4. The summed E-state index contributed by atoms with van der Waals surface area (Å²) in [5.74, 6) is -1.68. The van der Waals surface area contributed by atoms with Crippen molar-refractivity contribution in [1.82, 2.24) is 15.5 Å². The quantitative estimate of drug-likeness (QED) is 0.484. The molecule has 3 atom stereocenters.